The van der Waals surface area contributed by atoms with Crippen molar-refractivity contribution in [2.24, 2.45) is 17.8 Å². The van der Waals surface area contributed by atoms with E-state index < -0.39 is 0 Å². The number of nitrogens with two attached hydrogens (primary N) is 1. The summed E-state index contributed by atoms with van der Waals surface area (Å²) in [6.45, 7) is 0. The Hall–Kier alpha value is -3.02. The summed E-state index contributed by atoms with van der Waals surface area (Å²) in [6, 6.07) is 11.3. The number of anilines is 2. The minimum Gasteiger partial charge on any atom is -0.382 e. The minimum absolute atomic E-state index is 0.316. The molecule has 2 aliphatic carbocycles. The Kier molecular flexibility index (Phi) is 2.71. The highest BCUT2D eigenvalue weighted by Crippen LogP contribution is 2.64. The number of hydrogen-bond acceptors (Lipinski definition) is 4. The Morgan fingerprint density at radius 3 is 2.79 bits per heavy atom. The molecule has 28 heavy (non-hydrogen) atoms. The lowest BCUT2D eigenvalue weighted by Crippen LogP contribution is -2.35. The van der Waals surface area contributed by atoms with Crippen molar-refractivity contribution in [3.05, 3.63) is 47.7 Å². The van der Waals surface area contributed by atoms with E-state index in [4.69, 9.17) is 5.73 Å². The highest BCUT2D eigenvalue weighted by Gasteiger charge is 2.54. The van der Waals surface area contributed by atoms with E-state index in [1.54, 1.807) is 0 Å². The summed E-state index contributed by atoms with van der Waals surface area (Å²) < 4.78 is 0. The fourth-order valence-electron chi connectivity index (χ4n) is 6.58. The zero-order valence-electron chi connectivity index (χ0n) is 15.4. The molecule has 140 valence electrons. The lowest BCUT2D eigenvalue weighted by Gasteiger charge is -2.43. The minimum atomic E-state index is 0.316. The first-order valence-corrected chi connectivity index (χ1v) is 10.2. The number of H-pyrrole nitrogens is 2. The largest absolute Gasteiger partial charge is 0.382 e. The van der Waals surface area contributed by atoms with E-state index in [9.17, 15) is 0 Å². The first kappa shape index (κ1) is 15.0. The van der Waals surface area contributed by atoms with E-state index >= 15 is 0 Å². The van der Waals surface area contributed by atoms with Crippen LogP contribution in [0.1, 0.15) is 42.3 Å². The number of aromatic nitrogens is 4. The molecule has 0 saturated heterocycles. The smallest absolute Gasteiger partial charge is 0.153 e. The standard InChI is InChI=1S/C22H22N6/c23-22-13-8-12(3-4-15(13)27-28-22)21-19-11-2-1-10(7-11)18(19)20-14-9-24-26-16(14)5-6-17(20)25-21/h3-6,8-11,18-19,21,25H,1-2,7H2,(H,24,26)(H3,23,27,28)/t10-,11?,18-,19+,21-/m0/s1. The van der Waals surface area contributed by atoms with Gasteiger partial charge >= 0.3 is 0 Å². The topological polar surface area (TPSA) is 95.4 Å². The lowest BCUT2D eigenvalue weighted by atomic mass is 9.67. The van der Waals surface area contributed by atoms with Crippen LogP contribution in [-0.2, 0) is 0 Å². The molecule has 2 saturated carbocycles. The van der Waals surface area contributed by atoms with Crippen molar-refractivity contribution in [2.75, 3.05) is 11.1 Å². The summed E-state index contributed by atoms with van der Waals surface area (Å²) in [5, 5.41) is 20.9. The van der Waals surface area contributed by atoms with Crippen LogP contribution in [0.15, 0.2) is 36.5 Å². The quantitative estimate of drug-likeness (QED) is 0.401. The van der Waals surface area contributed by atoms with Crippen molar-refractivity contribution in [3.8, 4) is 0 Å². The van der Waals surface area contributed by atoms with E-state index in [-0.39, 0.29) is 0 Å². The average Bonchev–Trinajstić information content (AvgIpc) is 3.51. The maximum absolute atomic E-state index is 6.10. The molecule has 3 aliphatic rings. The predicted octanol–water partition coefficient (Wildman–Crippen LogP) is 4.32. The van der Waals surface area contributed by atoms with Gasteiger partial charge in [-0.3, -0.25) is 10.2 Å². The monoisotopic (exact) mass is 370 g/mol. The predicted molar refractivity (Wildman–Crippen MR) is 110 cm³/mol. The van der Waals surface area contributed by atoms with Crippen LogP contribution in [0.4, 0.5) is 11.5 Å². The van der Waals surface area contributed by atoms with Gasteiger partial charge in [0.2, 0.25) is 0 Å². The lowest BCUT2D eigenvalue weighted by molar-refractivity contribution is 0.249. The van der Waals surface area contributed by atoms with Crippen molar-refractivity contribution in [1.82, 2.24) is 20.4 Å². The zero-order valence-corrected chi connectivity index (χ0v) is 15.4. The number of rotatable bonds is 1. The molecule has 0 amide bonds. The molecule has 1 aliphatic heterocycles. The molecule has 2 aromatic heterocycles. The average molecular weight is 370 g/mol. The number of hydrogen-bond donors (Lipinski definition) is 4. The van der Waals surface area contributed by atoms with Gasteiger partial charge in [-0.1, -0.05) is 6.07 Å². The number of fused-ring (bicyclic) bond motifs is 10. The molecule has 0 spiro atoms. The fourth-order valence-corrected chi connectivity index (χ4v) is 6.58. The van der Waals surface area contributed by atoms with Gasteiger partial charge in [0.05, 0.1) is 23.3 Å². The van der Waals surface area contributed by atoms with Gasteiger partial charge in [0.15, 0.2) is 5.82 Å². The summed E-state index contributed by atoms with van der Waals surface area (Å²) >= 11 is 0. The molecule has 3 heterocycles. The molecule has 6 nitrogen and oxygen atoms in total. The Bertz CT molecular complexity index is 1240. The highest BCUT2D eigenvalue weighted by atomic mass is 15.1. The molecule has 5 N–H and O–H groups in total. The van der Waals surface area contributed by atoms with E-state index in [2.05, 4.69) is 56.0 Å². The van der Waals surface area contributed by atoms with Gasteiger partial charge in [0.1, 0.15) is 0 Å². The van der Waals surface area contributed by atoms with Crippen LogP contribution < -0.4 is 11.1 Å². The Balaban J connectivity index is 1.44. The molecule has 2 fully saturated rings. The van der Waals surface area contributed by atoms with E-state index in [1.807, 2.05) is 6.20 Å². The van der Waals surface area contributed by atoms with Gasteiger partial charge in [0.25, 0.3) is 0 Å². The van der Waals surface area contributed by atoms with Crippen molar-refractivity contribution in [2.45, 2.75) is 31.2 Å². The molecule has 6 heteroatoms. The molecule has 0 radical (unpaired) electrons. The summed E-state index contributed by atoms with van der Waals surface area (Å²) in [5.41, 5.74) is 12.3. The number of benzene rings is 2. The normalized spacial score (nSPS) is 30.5. The molecule has 5 atom stereocenters. The summed E-state index contributed by atoms with van der Waals surface area (Å²) in [7, 11) is 0. The molecular formula is C22H22N6. The number of nitrogen functional groups attached to an aromatic ring is 1. The molecule has 4 aromatic rings. The summed E-state index contributed by atoms with van der Waals surface area (Å²) in [4.78, 5) is 0. The maximum Gasteiger partial charge on any atom is 0.153 e. The highest BCUT2D eigenvalue weighted by molar-refractivity contribution is 5.90. The number of aromatic amines is 2. The first-order chi connectivity index (χ1) is 13.8. The van der Waals surface area contributed by atoms with Gasteiger partial charge < -0.3 is 11.1 Å². The van der Waals surface area contributed by atoms with Crippen LogP contribution in [0.5, 0.6) is 0 Å². The second-order valence-electron chi connectivity index (χ2n) is 8.83. The van der Waals surface area contributed by atoms with Crippen LogP contribution >= 0.6 is 0 Å². The Labute approximate surface area is 161 Å². The third-order valence-electron chi connectivity index (χ3n) is 7.65. The second-order valence-corrected chi connectivity index (χ2v) is 8.83. The molecule has 7 rings (SSSR count). The number of nitrogens with one attached hydrogen (secondary N) is 3. The van der Waals surface area contributed by atoms with Gasteiger partial charge in [-0.2, -0.15) is 10.2 Å². The van der Waals surface area contributed by atoms with Gasteiger partial charge in [-0.15, -0.1) is 0 Å². The number of nitrogens with zero attached hydrogens (tertiary/aromatic N) is 2. The van der Waals surface area contributed by atoms with Crippen molar-refractivity contribution < 1.29 is 0 Å². The van der Waals surface area contributed by atoms with Crippen LogP contribution in [0.3, 0.4) is 0 Å². The SMILES string of the molecule is Nc1n[nH]c2ccc([C@@H]3Nc4ccc5[nH]ncc5c4[C@H]4[C@H]5CCC(C5)[C@H]43)cc12. The third kappa shape index (κ3) is 1.78. The van der Waals surface area contributed by atoms with Crippen LogP contribution in [0.25, 0.3) is 21.8 Å². The van der Waals surface area contributed by atoms with Crippen LogP contribution in [-0.4, -0.2) is 20.4 Å². The fraction of sp³-hybridized carbons (Fsp3) is 0.364. The first-order valence-electron chi connectivity index (χ1n) is 10.2. The van der Waals surface area contributed by atoms with E-state index in [0.29, 0.717) is 23.7 Å². The summed E-state index contributed by atoms with van der Waals surface area (Å²) in [6.07, 6.45) is 6.09. The summed E-state index contributed by atoms with van der Waals surface area (Å²) in [5.74, 6) is 3.40. The second kappa shape index (κ2) is 5.07. The van der Waals surface area contributed by atoms with Crippen molar-refractivity contribution in [3.63, 3.8) is 0 Å². The van der Waals surface area contributed by atoms with Gasteiger partial charge in [-0.05, 0) is 78.3 Å². The van der Waals surface area contributed by atoms with Gasteiger partial charge in [-0.25, -0.2) is 0 Å². The van der Waals surface area contributed by atoms with E-state index in [1.165, 1.54) is 41.5 Å². The van der Waals surface area contributed by atoms with Crippen molar-refractivity contribution in [1.29, 1.82) is 0 Å². The van der Waals surface area contributed by atoms with Crippen LogP contribution in [0.2, 0.25) is 0 Å². The molecular weight excluding hydrogens is 348 g/mol. The molecule has 2 aromatic carbocycles. The van der Waals surface area contributed by atoms with Crippen LogP contribution in [0, 0.1) is 17.8 Å². The van der Waals surface area contributed by atoms with E-state index in [0.717, 1.165) is 28.3 Å². The Morgan fingerprint density at radius 2 is 1.82 bits per heavy atom. The van der Waals surface area contributed by atoms with Crippen molar-refractivity contribution >= 4 is 33.3 Å². The Morgan fingerprint density at radius 1 is 0.964 bits per heavy atom. The zero-order chi connectivity index (χ0) is 18.4. The maximum atomic E-state index is 6.10. The van der Waals surface area contributed by atoms with Gasteiger partial charge in [0, 0.05) is 16.5 Å². The molecule has 2 bridgehead atoms. The third-order valence-corrected chi connectivity index (χ3v) is 7.65. The molecule has 1 unspecified atom stereocenters.